The summed E-state index contributed by atoms with van der Waals surface area (Å²) < 4.78 is 0. The van der Waals surface area contributed by atoms with Crippen LogP contribution in [0.15, 0.2) is 12.2 Å². The Labute approximate surface area is 56.0 Å². The van der Waals surface area contributed by atoms with Crippen molar-refractivity contribution in [2.24, 2.45) is 23.7 Å². The van der Waals surface area contributed by atoms with E-state index >= 15 is 0 Å². The summed E-state index contributed by atoms with van der Waals surface area (Å²) >= 11 is 0. The molecule has 3 rings (SSSR count). The lowest BCUT2D eigenvalue weighted by atomic mass is 10.0. The van der Waals surface area contributed by atoms with Crippen molar-refractivity contribution in [2.75, 3.05) is 0 Å². The third kappa shape index (κ3) is 0.357. The molecule has 3 fully saturated rings. The molecule has 0 radical (unpaired) electrons. The van der Waals surface area contributed by atoms with E-state index in [1.165, 1.54) is 12.8 Å². The molecule has 0 N–H and O–H groups in total. The maximum absolute atomic E-state index is 4.16. The van der Waals surface area contributed by atoms with Gasteiger partial charge in [-0.05, 0) is 42.9 Å². The molecule has 0 saturated heterocycles. The Kier molecular flexibility index (Phi) is 0.564. The largest absolute Gasteiger partial charge is 0.0993 e. The van der Waals surface area contributed by atoms with Gasteiger partial charge in [0, 0.05) is 0 Å². The van der Waals surface area contributed by atoms with E-state index in [0.717, 1.165) is 23.7 Å². The topological polar surface area (TPSA) is 0 Å². The van der Waals surface area contributed by atoms with Gasteiger partial charge in [-0.2, -0.15) is 0 Å². The molecule has 3 saturated carbocycles. The van der Waals surface area contributed by atoms with Crippen LogP contribution in [0.25, 0.3) is 0 Å². The predicted molar refractivity (Wildman–Crippen MR) is 37.0 cm³/mol. The average molecular weight is 120 g/mol. The molecule has 0 aromatic rings. The standard InChI is InChI=1S/C9H12/c1-5-6-2-3-7(5)9-4-8(6)9/h6-9H,1-4H2. The zero-order valence-corrected chi connectivity index (χ0v) is 5.64. The molecule has 4 unspecified atom stereocenters. The van der Waals surface area contributed by atoms with E-state index in [-0.39, 0.29) is 0 Å². The van der Waals surface area contributed by atoms with Crippen molar-refractivity contribution in [1.29, 1.82) is 0 Å². The summed E-state index contributed by atoms with van der Waals surface area (Å²) in [6.45, 7) is 4.16. The van der Waals surface area contributed by atoms with Gasteiger partial charge in [-0.15, -0.1) is 0 Å². The molecule has 3 aliphatic rings. The first kappa shape index (κ1) is 4.54. The molecule has 0 aromatic heterocycles. The van der Waals surface area contributed by atoms with Crippen molar-refractivity contribution >= 4 is 0 Å². The van der Waals surface area contributed by atoms with Crippen molar-refractivity contribution < 1.29 is 0 Å². The Morgan fingerprint density at radius 3 is 2.00 bits per heavy atom. The van der Waals surface area contributed by atoms with Gasteiger partial charge in [0.05, 0.1) is 0 Å². The highest BCUT2D eigenvalue weighted by atomic mass is 14.6. The molecule has 0 aliphatic heterocycles. The highest BCUT2D eigenvalue weighted by Gasteiger charge is 2.59. The quantitative estimate of drug-likeness (QED) is 0.430. The Morgan fingerprint density at radius 1 is 1.11 bits per heavy atom. The Bertz CT molecular complexity index is 162. The first-order chi connectivity index (χ1) is 4.38. The van der Waals surface area contributed by atoms with Gasteiger partial charge in [0.1, 0.15) is 0 Å². The molecule has 2 bridgehead atoms. The zero-order chi connectivity index (χ0) is 6.01. The Hall–Kier alpha value is -0.260. The molecule has 0 amide bonds. The van der Waals surface area contributed by atoms with Gasteiger partial charge < -0.3 is 0 Å². The third-order valence-electron chi connectivity index (χ3n) is 3.67. The maximum Gasteiger partial charge on any atom is -0.0171 e. The van der Waals surface area contributed by atoms with Crippen molar-refractivity contribution in [2.45, 2.75) is 19.3 Å². The second-order valence-corrected chi connectivity index (χ2v) is 3.93. The second-order valence-electron chi connectivity index (χ2n) is 3.93. The summed E-state index contributed by atoms with van der Waals surface area (Å²) in [6.07, 6.45) is 4.50. The Morgan fingerprint density at radius 2 is 1.67 bits per heavy atom. The summed E-state index contributed by atoms with van der Waals surface area (Å²) in [5.41, 5.74) is 1.62. The molecule has 0 nitrogen and oxygen atoms in total. The van der Waals surface area contributed by atoms with Gasteiger partial charge in [0.15, 0.2) is 0 Å². The molecule has 48 valence electrons. The van der Waals surface area contributed by atoms with Crippen molar-refractivity contribution in [3.63, 3.8) is 0 Å². The number of allylic oxidation sites excluding steroid dienone is 1. The van der Waals surface area contributed by atoms with Crippen LogP contribution in [0.1, 0.15) is 19.3 Å². The van der Waals surface area contributed by atoms with Crippen LogP contribution in [0, 0.1) is 23.7 Å². The van der Waals surface area contributed by atoms with E-state index in [1.807, 2.05) is 0 Å². The van der Waals surface area contributed by atoms with Crippen LogP contribution in [0.5, 0.6) is 0 Å². The molecule has 0 aromatic carbocycles. The predicted octanol–water partition coefficient (Wildman–Crippen LogP) is 2.22. The molecular formula is C9H12. The molecule has 3 aliphatic carbocycles. The van der Waals surface area contributed by atoms with E-state index in [2.05, 4.69) is 6.58 Å². The van der Waals surface area contributed by atoms with E-state index in [4.69, 9.17) is 0 Å². The highest BCUT2D eigenvalue weighted by Crippen LogP contribution is 2.67. The van der Waals surface area contributed by atoms with Gasteiger partial charge in [0.2, 0.25) is 0 Å². The van der Waals surface area contributed by atoms with E-state index in [9.17, 15) is 0 Å². The number of fused-ring (bicyclic) bond motifs is 5. The monoisotopic (exact) mass is 120 g/mol. The molecular weight excluding hydrogens is 108 g/mol. The third-order valence-corrected chi connectivity index (χ3v) is 3.67. The van der Waals surface area contributed by atoms with Crippen LogP contribution in [0.4, 0.5) is 0 Å². The van der Waals surface area contributed by atoms with Gasteiger partial charge in [0.25, 0.3) is 0 Å². The van der Waals surface area contributed by atoms with Crippen LogP contribution < -0.4 is 0 Å². The fraction of sp³-hybridized carbons (Fsp3) is 0.778. The van der Waals surface area contributed by atoms with Crippen LogP contribution >= 0.6 is 0 Å². The molecule has 4 atom stereocenters. The molecule has 0 heteroatoms. The van der Waals surface area contributed by atoms with E-state index < -0.39 is 0 Å². The van der Waals surface area contributed by atoms with Crippen molar-refractivity contribution in [3.8, 4) is 0 Å². The van der Waals surface area contributed by atoms with Gasteiger partial charge >= 0.3 is 0 Å². The van der Waals surface area contributed by atoms with Crippen LogP contribution in [-0.4, -0.2) is 0 Å². The summed E-state index contributed by atoms with van der Waals surface area (Å²) in [5, 5.41) is 0. The number of hydrogen-bond acceptors (Lipinski definition) is 0. The van der Waals surface area contributed by atoms with Gasteiger partial charge in [-0.1, -0.05) is 12.2 Å². The highest BCUT2D eigenvalue weighted by molar-refractivity contribution is 5.27. The SMILES string of the molecule is C=C1C2CCC1C1CC21. The zero-order valence-electron chi connectivity index (χ0n) is 5.64. The lowest BCUT2D eigenvalue weighted by molar-refractivity contribution is 0.456. The fourth-order valence-electron chi connectivity index (χ4n) is 3.14. The van der Waals surface area contributed by atoms with E-state index in [1.54, 1.807) is 12.0 Å². The van der Waals surface area contributed by atoms with E-state index in [0.29, 0.717) is 0 Å². The number of hydrogen-bond donors (Lipinski definition) is 0. The first-order valence-electron chi connectivity index (χ1n) is 4.06. The fourth-order valence-corrected chi connectivity index (χ4v) is 3.14. The first-order valence-corrected chi connectivity index (χ1v) is 4.06. The maximum atomic E-state index is 4.16. The lowest BCUT2D eigenvalue weighted by Crippen LogP contribution is -1.95. The Balaban J connectivity index is 2.09. The van der Waals surface area contributed by atoms with Gasteiger partial charge in [-0.3, -0.25) is 0 Å². The normalized spacial score (nSPS) is 60.2. The second kappa shape index (κ2) is 1.12. The van der Waals surface area contributed by atoms with Crippen molar-refractivity contribution in [1.82, 2.24) is 0 Å². The molecule has 9 heavy (non-hydrogen) atoms. The van der Waals surface area contributed by atoms with Crippen molar-refractivity contribution in [3.05, 3.63) is 12.2 Å². The smallest absolute Gasteiger partial charge is 0.0171 e. The van der Waals surface area contributed by atoms with Crippen LogP contribution in [0.3, 0.4) is 0 Å². The average Bonchev–Trinajstić information content (AvgIpc) is 2.53. The summed E-state index contributed by atoms with van der Waals surface area (Å²) in [5.74, 6) is 4.22. The molecule has 0 heterocycles. The summed E-state index contributed by atoms with van der Waals surface area (Å²) in [4.78, 5) is 0. The minimum atomic E-state index is 0.986. The minimum absolute atomic E-state index is 0.986. The minimum Gasteiger partial charge on any atom is -0.0993 e. The van der Waals surface area contributed by atoms with Gasteiger partial charge in [-0.25, -0.2) is 0 Å². The summed E-state index contributed by atoms with van der Waals surface area (Å²) in [6, 6.07) is 0. The number of rotatable bonds is 0. The molecule has 0 spiro atoms. The van der Waals surface area contributed by atoms with Crippen LogP contribution in [0.2, 0.25) is 0 Å². The van der Waals surface area contributed by atoms with Crippen LogP contribution in [-0.2, 0) is 0 Å². The summed E-state index contributed by atoms with van der Waals surface area (Å²) in [7, 11) is 0. The lowest BCUT2D eigenvalue weighted by Gasteiger charge is -2.03.